The van der Waals surface area contributed by atoms with Gasteiger partial charge in [0.05, 0.1) is 6.10 Å². The smallest absolute Gasteiger partial charge is 0.260 e. The van der Waals surface area contributed by atoms with E-state index in [9.17, 15) is 14.3 Å². The van der Waals surface area contributed by atoms with Gasteiger partial charge in [-0.2, -0.15) is 0 Å². The van der Waals surface area contributed by atoms with Crippen LogP contribution in [0.5, 0.6) is 5.75 Å². The number of carbonyl (C=O) groups is 1. The van der Waals surface area contributed by atoms with Crippen LogP contribution in [0.4, 0.5) is 4.39 Å². The number of nitrogens with one attached hydrogen (secondary N) is 1. The van der Waals surface area contributed by atoms with Crippen LogP contribution in [0.15, 0.2) is 54.6 Å². The van der Waals surface area contributed by atoms with Crippen molar-refractivity contribution in [3.05, 3.63) is 66.0 Å². The van der Waals surface area contributed by atoms with Crippen LogP contribution in [0.1, 0.15) is 12.5 Å². The summed E-state index contributed by atoms with van der Waals surface area (Å²) < 4.78 is 18.4. The van der Waals surface area contributed by atoms with Crippen LogP contribution in [0, 0.1) is 5.82 Å². The van der Waals surface area contributed by atoms with E-state index in [4.69, 9.17) is 4.74 Å². The highest BCUT2D eigenvalue weighted by Crippen LogP contribution is 2.13. The molecule has 0 saturated heterocycles. The molecule has 4 nitrogen and oxygen atoms in total. The van der Waals surface area contributed by atoms with Crippen molar-refractivity contribution in [2.45, 2.75) is 25.6 Å². The normalized spacial score (nSPS) is 13.2. The molecule has 2 atom stereocenters. The number of hydrogen-bond donors (Lipinski definition) is 2. The highest BCUT2D eigenvalue weighted by atomic mass is 19.1. The molecule has 2 N–H and O–H groups in total. The lowest BCUT2D eigenvalue weighted by Crippen LogP contribution is -2.40. The number of amides is 1. The van der Waals surface area contributed by atoms with Crippen LogP contribution in [0.25, 0.3) is 0 Å². The maximum Gasteiger partial charge on any atom is 0.260 e. The number of hydrogen-bond acceptors (Lipinski definition) is 3. The second-order valence-electron chi connectivity index (χ2n) is 5.31. The summed E-state index contributed by atoms with van der Waals surface area (Å²) in [5.74, 6) is -0.493. The fourth-order valence-electron chi connectivity index (χ4n) is 2.12. The number of ether oxygens (including phenoxy) is 1. The third-order valence-electron chi connectivity index (χ3n) is 3.30. The van der Waals surface area contributed by atoms with E-state index in [0.717, 1.165) is 5.56 Å². The molecule has 0 bridgehead atoms. The van der Waals surface area contributed by atoms with E-state index >= 15 is 0 Å². The zero-order valence-electron chi connectivity index (χ0n) is 12.9. The molecule has 2 aromatic carbocycles. The van der Waals surface area contributed by atoms with Gasteiger partial charge in [0, 0.05) is 19.0 Å². The molecule has 0 aromatic heterocycles. The number of aliphatic hydroxyl groups is 1. The van der Waals surface area contributed by atoms with Crippen LogP contribution in [0.2, 0.25) is 0 Å². The zero-order chi connectivity index (χ0) is 16.7. The first-order valence-corrected chi connectivity index (χ1v) is 7.46. The van der Waals surface area contributed by atoms with Crippen molar-refractivity contribution in [1.29, 1.82) is 0 Å². The predicted molar refractivity (Wildman–Crippen MR) is 85.7 cm³/mol. The summed E-state index contributed by atoms with van der Waals surface area (Å²) in [4.78, 5) is 11.9. The van der Waals surface area contributed by atoms with Gasteiger partial charge in [-0.3, -0.25) is 4.79 Å². The van der Waals surface area contributed by atoms with E-state index < -0.39 is 18.0 Å². The Bertz CT molecular complexity index is 633. The Labute approximate surface area is 134 Å². The summed E-state index contributed by atoms with van der Waals surface area (Å²) in [5.41, 5.74) is 0.998. The standard InChI is InChI=1S/C18H20FNO3/c1-13(23-17-9-5-8-15(19)11-17)18(22)20-12-16(21)10-14-6-3-2-4-7-14/h2-9,11,13,16,21H,10,12H2,1H3,(H,20,22)/t13-,16+/m0/s1. The second kappa shape index (κ2) is 8.29. The molecule has 0 saturated carbocycles. The first-order chi connectivity index (χ1) is 11.0. The lowest BCUT2D eigenvalue weighted by atomic mass is 10.1. The van der Waals surface area contributed by atoms with Gasteiger partial charge in [-0.15, -0.1) is 0 Å². The zero-order valence-corrected chi connectivity index (χ0v) is 12.9. The fourth-order valence-corrected chi connectivity index (χ4v) is 2.12. The molecule has 1 amide bonds. The molecule has 0 aliphatic carbocycles. The number of aliphatic hydroxyl groups excluding tert-OH is 1. The molecule has 122 valence electrons. The monoisotopic (exact) mass is 317 g/mol. The Morgan fingerprint density at radius 1 is 1.22 bits per heavy atom. The molecule has 0 aliphatic heterocycles. The summed E-state index contributed by atoms with van der Waals surface area (Å²) >= 11 is 0. The average Bonchev–Trinajstić information content (AvgIpc) is 2.53. The molecule has 0 radical (unpaired) electrons. The van der Waals surface area contributed by atoms with Gasteiger partial charge in [-0.25, -0.2) is 4.39 Å². The van der Waals surface area contributed by atoms with Gasteiger partial charge >= 0.3 is 0 Å². The summed E-state index contributed by atoms with van der Waals surface area (Å²) in [6.45, 7) is 1.70. The van der Waals surface area contributed by atoms with Crippen LogP contribution in [-0.2, 0) is 11.2 Å². The highest BCUT2D eigenvalue weighted by molar-refractivity contribution is 5.80. The Morgan fingerprint density at radius 3 is 2.65 bits per heavy atom. The Hall–Kier alpha value is -2.40. The SMILES string of the molecule is C[C@H](Oc1cccc(F)c1)C(=O)NC[C@H](O)Cc1ccccc1. The molecule has 0 unspecified atom stereocenters. The van der Waals surface area contributed by atoms with Crippen LogP contribution in [0.3, 0.4) is 0 Å². The molecular formula is C18H20FNO3. The fraction of sp³-hybridized carbons (Fsp3) is 0.278. The van der Waals surface area contributed by atoms with Crippen molar-refractivity contribution < 1.29 is 19.0 Å². The Balaban J connectivity index is 1.77. The molecule has 0 spiro atoms. The third kappa shape index (κ3) is 5.71. The van der Waals surface area contributed by atoms with Crippen molar-refractivity contribution in [2.24, 2.45) is 0 Å². The summed E-state index contributed by atoms with van der Waals surface area (Å²) in [5, 5.41) is 12.6. The van der Waals surface area contributed by atoms with E-state index in [1.54, 1.807) is 13.0 Å². The molecule has 5 heteroatoms. The quantitative estimate of drug-likeness (QED) is 0.824. The molecular weight excluding hydrogens is 297 g/mol. The van der Waals surface area contributed by atoms with Gasteiger partial charge in [0.1, 0.15) is 11.6 Å². The average molecular weight is 317 g/mol. The van der Waals surface area contributed by atoms with Crippen LogP contribution in [-0.4, -0.2) is 29.8 Å². The molecule has 2 aromatic rings. The van der Waals surface area contributed by atoms with Crippen LogP contribution < -0.4 is 10.1 Å². The molecule has 2 rings (SSSR count). The largest absolute Gasteiger partial charge is 0.481 e. The van der Waals surface area contributed by atoms with Crippen molar-refractivity contribution in [2.75, 3.05) is 6.54 Å². The molecule has 23 heavy (non-hydrogen) atoms. The predicted octanol–water partition coefficient (Wildman–Crippen LogP) is 2.31. The topological polar surface area (TPSA) is 58.6 Å². The maximum atomic E-state index is 13.1. The number of carbonyl (C=O) groups excluding carboxylic acids is 1. The van der Waals surface area contributed by atoms with Crippen LogP contribution >= 0.6 is 0 Å². The number of rotatable bonds is 7. The minimum Gasteiger partial charge on any atom is -0.481 e. The minimum absolute atomic E-state index is 0.130. The number of benzene rings is 2. The number of halogens is 1. The summed E-state index contributed by atoms with van der Waals surface area (Å²) in [7, 11) is 0. The van der Waals surface area contributed by atoms with Gasteiger partial charge in [0.15, 0.2) is 6.10 Å². The first-order valence-electron chi connectivity index (χ1n) is 7.46. The Kier molecular flexibility index (Phi) is 6.11. The minimum atomic E-state index is -0.777. The van der Waals surface area contributed by atoms with E-state index in [1.807, 2.05) is 30.3 Å². The molecule has 0 aliphatic rings. The van der Waals surface area contributed by atoms with E-state index in [0.29, 0.717) is 6.42 Å². The lowest BCUT2D eigenvalue weighted by molar-refractivity contribution is -0.127. The van der Waals surface area contributed by atoms with Crippen molar-refractivity contribution >= 4 is 5.91 Å². The second-order valence-corrected chi connectivity index (χ2v) is 5.31. The van der Waals surface area contributed by atoms with Gasteiger partial charge in [-0.05, 0) is 24.6 Å². The highest BCUT2D eigenvalue weighted by Gasteiger charge is 2.16. The van der Waals surface area contributed by atoms with Crippen molar-refractivity contribution in [3.8, 4) is 5.75 Å². The third-order valence-corrected chi connectivity index (χ3v) is 3.30. The molecule has 0 fully saturated rings. The van der Waals surface area contributed by atoms with E-state index in [-0.39, 0.29) is 18.2 Å². The van der Waals surface area contributed by atoms with Gasteiger partial charge in [-0.1, -0.05) is 36.4 Å². The summed E-state index contributed by atoms with van der Waals surface area (Å²) in [6.07, 6.45) is -0.997. The lowest BCUT2D eigenvalue weighted by Gasteiger charge is -2.17. The van der Waals surface area contributed by atoms with Gasteiger partial charge in [0.25, 0.3) is 5.91 Å². The van der Waals surface area contributed by atoms with E-state index in [1.165, 1.54) is 18.2 Å². The van der Waals surface area contributed by atoms with E-state index in [2.05, 4.69) is 5.32 Å². The summed E-state index contributed by atoms with van der Waals surface area (Å²) in [6, 6.07) is 15.2. The van der Waals surface area contributed by atoms with Crippen molar-refractivity contribution in [3.63, 3.8) is 0 Å². The van der Waals surface area contributed by atoms with Gasteiger partial charge in [0.2, 0.25) is 0 Å². The first kappa shape index (κ1) is 17.0. The Morgan fingerprint density at radius 2 is 1.96 bits per heavy atom. The maximum absolute atomic E-state index is 13.1. The molecule has 0 heterocycles. The van der Waals surface area contributed by atoms with Gasteiger partial charge < -0.3 is 15.2 Å². The van der Waals surface area contributed by atoms with Crippen molar-refractivity contribution in [1.82, 2.24) is 5.32 Å².